The SMILES string of the molecule is CC(C)(C)NS(=O)(=O)c1cc(CO[Si](C)(C)C(C)(C)C)ccc1S(=O)(=O)NC(=O)c1ccc(-c2cc3ccccc3o2)cc1. The molecule has 0 unspecified atom stereocenters. The number of rotatable bonds is 9. The first-order valence-corrected chi connectivity index (χ1v) is 20.0. The number of hydrogen-bond donors (Lipinski definition) is 2. The van der Waals surface area contributed by atoms with E-state index < -0.39 is 49.6 Å². The second kappa shape index (κ2) is 11.9. The fourth-order valence-corrected chi connectivity index (χ4v) is 8.38. The van der Waals surface area contributed by atoms with E-state index in [-0.39, 0.29) is 17.2 Å². The van der Waals surface area contributed by atoms with E-state index in [0.29, 0.717) is 16.9 Å². The van der Waals surface area contributed by atoms with Crippen LogP contribution >= 0.6 is 0 Å². The van der Waals surface area contributed by atoms with Gasteiger partial charge in [-0.05, 0) is 80.9 Å². The van der Waals surface area contributed by atoms with Gasteiger partial charge in [-0.2, -0.15) is 0 Å². The summed E-state index contributed by atoms with van der Waals surface area (Å²) in [5, 5.41) is 0.854. The normalized spacial score (nSPS) is 13.3. The van der Waals surface area contributed by atoms with E-state index in [4.69, 9.17) is 8.84 Å². The van der Waals surface area contributed by atoms with Crippen LogP contribution < -0.4 is 9.44 Å². The van der Waals surface area contributed by atoms with Crippen LogP contribution in [0.4, 0.5) is 0 Å². The van der Waals surface area contributed by atoms with Crippen LogP contribution in [0.5, 0.6) is 0 Å². The highest BCUT2D eigenvalue weighted by atomic mass is 32.2. The molecule has 0 radical (unpaired) electrons. The number of furan rings is 1. The van der Waals surface area contributed by atoms with Gasteiger partial charge in [0, 0.05) is 22.1 Å². The molecule has 1 aromatic heterocycles. The largest absolute Gasteiger partial charge is 0.456 e. The van der Waals surface area contributed by atoms with Gasteiger partial charge < -0.3 is 8.84 Å². The number of hydrogen-bond acceptors (Lipinski definition) is 7. The summed E-state index contributed by atoms with van der Waals surface area (Å²) in [6, 6.07) is 19.7. The molecule has 3 aromatic carbocycles. The molecule has 0 aliphatic rings. The Bertz CT molecular complexity index is 1870. The monoisotopic (exact) mass is 656 g/mol. The lowest BCUT2D eigenvalue weighted by atomic mass is 10.1. The van der Waals surface area contributed by atoms with Crippen molar-refractivity contribution in [1.29, 1.82) is 0 Å². The van der Waals surface area contributed by atoms with Gasteiger partial charge in [0.25, 0.3) is 15.9 Å². The molecule has 0 atom stereocenters. The molecule has 0 saturated heterocycles. The Hall–Kier alpha value is -3.29. The number of para-hydroxylation sites is 1. The van der Waals surface area contributed by atoms with Crippen molar-refractivity contribution in [3.63, 3.8) is 0 Å². The van der Waals surface area contributed by atoms with Gasteiger partial charge in [0.05, 0.1) is 6.61 Å². The lowest BCUT2D eigenvalue weighted by Gasteiger charge is -2.36. The van der Waals surface area contributed by atoms with Gasteiger partial charge in [-0.25, -0.2) is 26.3 Å². The number of amides is 1. The molecule has 236 valence electrons. The molecule has 4 aromatic rings. The van der Waals surface area contributed by atoms with E-state index in [9.17, 15) is 21.6 Å². The minimum atomic E-state index is -4.61. The number of carbonyl (C=O) groups is 1. The predicted molar refractivity (Wildman–Crippen MR) is 175 cm³/mol. The number of carbonyl (C=O) groups excluding carboxylic acids is 1. The fourth-order valence-electron chi connectivity index (χ4n) is 4.16. The zero-order valence-corrected chi connectivity index (χ0v) is 28.9. The Morgan fingerprint density at radius 1 is 0.818 bits per heavy atom. The molecule has 0 saturated carbocycles. The molecular formula is C32H40N2O7S2Si. The van der Waals surface area contributed by atoms with Gasteiger partial charge in [-0.3, -0.25) is 4.79 Å². The third kappa shape index (κ3) is 7.67. The van der Waals surface area contributed by atoms with Gasteiger partial charge >= 0.3 is 0 Å². The minimum absolute atomic E-state index is 0.0741. The third-order valence-electron chi connectivity index (χ3n) is 7.52. The van der Waals surface area contributed by atoms with E-state index in [1.54, 1.807) is 32.9 Å². The summed E-state index contributed by atoms with van der Waals surface area (Å²) in [6.07, 6.45) is 0. The van der Waals surface area contributed by atoms with E-state index >= 15 is 0 Å². The van der Waals surface area contributed by atoms with Crippen LogP contribution in [-0.4, -0.2) is 36.6 Å². The topological polar surface area (TPSA) is 132 Å². The van der Waals surface area contributed by atoms with Crippen LogP contribution in [0.1, 0.15) is 57.5 Å². The summed E-state index contributed by atoms with van der Waals surface area (Å²) in [4.78, 5) is 12.1. The van der Waals surface area contributed by atoms with Crippen molar-refractivity contribution in [2.24, 2.45) is 0 Å². The van der Waals surface area contributed by atoms with Crippen molar-refractivity contribution in [3.05, 3.63) is 83.9 Å². The van der Waals surface area contributed by atoms with Crippen LogP contribution in [0.2, 0.25) is 18.1 Å². The lowest BCUT2D eigenvalue weighted by molar-refractivity contribution is 0.0981. The number of sulfonamides is 2. The van der Waals surface area contributed by atoms with Gasteiger partial charge in [0.2, 0.25) is 10.0 Å². The first-order valence-electron chi connectivity index (χ1n) is 14.2. The highest BCUT2D eigenvalue weighted by Crippen LogP contribution is 2.37. The zero-order valence-electron chi connectivity index (χ0n) is 26.3. The summed E-state index contributed by atoms with van der Waals surface area (Å²) >= 11 is 0. The highest BCUT2D eigenvalue weighted by molar-refractivity contribution is 7.93. The quantitative estimate of drug-likeness (QED) is 0.189. The summed E-state index contributed by atoms with van der Waals surface area (Å²) < 4.78 is 70.7. The Kier molecular flexibility index (Phi) is 9.09. The summed E-state index contributed by atoms with van der Waals surface area (Å²) in [6.45, 7) is 15.5. The number of nitrogens with one attached hydrogen (secondary N) is 2. The van der Waals surface area contributed by atoms with Crippen LogP contribution in [0.15, 0.2) is 87.0 Å². The van der Waals surface area contributed by atoms with Crippen molar-refractivity contribution < 1.29 is 30.5 Å². The molecule has 4 rings (SSSR count). The van der Waals surface area contributed by atoms with Crippen LogP contribution in [0.3, 0.4) is 0 Å². The molecule has 0 bridgehead atoms. The Morgan fingerprint density at radius 2 is 1.45 bits per heavy atom. The van der Waals surface area contributed by atoms with Gasteiger partial charge in [-0.15, -0.1) is 0 Å². The van der Waals surface area contributed by atoms with E-state index in [0.717, 1.165) is 11.0 Å². The van der Waals surface area contributed by atoms with Gasteiger partial charge in [-0.1, -0.05) is 57.2 Å². The van der Waals surface area contributed by atoms with Crippen molar-refractivity contribution in [1.82, 2.24) is 9.44 Å². The molecule has 2 N–H and O–H groups in total. The molecule has 0 fully saturated rings. The molecule has 1 amide bonds. The second-order valence-corrected chi connectivity index (χ2v) is 21.5. The maximum atomic E-state index is 13.5. The summed E-state index contributed by atoms with van der Waals surface area (Å²) in [7, 11) is -11.1. The van der Waals surface area contributed by atoms with E-state index in [1.807, 2.05) is 35.1 Å². The first kappa shape index (κ1) is 33.6. The zero-order chi connectivity index (χ0) is 32.7. The number of benzene rings is 3. The van der Waals surface area contributed by atoms with E-state index in [1.165, 1.54) is 30.3 Å². The van der Waals surface area contributed by atoms with Crippen LogP contribution in [0, 0.1) is 0 Å². The van der Waals surface area contributed by atoms with Crippen LogP contribution in [-0.2, 0) is 31.1 Å². The molecule has 12 heteroatoms. The average Bonchev–Trinajstić information content (AvgIpc) is 3.34. The van der Waals surface area contributed by atoms with Crippen LogP contribution in [0.25, 0.3) is 22.3 Å². The molecule has 0 aliphatic heterocycles. The smallest absolute Gasteiger partial charge is 0.265 e. The van der Waals surface area contributed by atoms with Gasteiger partial charge in [0.15, 0.2) is 8.32 Å². The van der Waals surface area contributed by atoms with Crippen molar-refractivity contribution in [3.8, 4) is 11.3 Å². The highest BCUT2D eigenvalue weighted by Gasteiger charge is 2.37. The van der Waals surface area contributed by atoms with E-state index in [2.05, 4.69) is 38.6 Å². The Labute approximate surface area is 261 Å². The third-order valence-corrected chi connectivity index (χ3v) is 15.3. The summed E-state index contributed by atoms with van der Waals surface area (Å²) in [5.41, 5.74) is 1.11. The van der Waals surface area contributed by atoms with Gasteiger partial charge in [0.1, 0.15) is 21.1 Å². The lowest BCUT2D eigenvalue weighted by Crippen LogP contribution is -2.42. The molecular weight excluding hydrogens is 617 g/mol. The maximum absolute atomic E-state index is 13.5. The summed E-state index contributed by atoms with van der Waals surface area (Å²) in [5.74, 6) is -0.303. The minimum Gasteiger partial charge on any atom is -0.456 e. The van der Waals surface area contributed by atoms with Crippen molar-refractivity contribution in [2.45, 2.75) is 81.6 Å². The molecule has 9 nitrogen and oxygen atoms in total. The average molecular weight is 657 g/mol. The molecule has 1 heterocycles. The Morgan fingerprint density at radius 3 is 2.05 bits per heavy atom. The fraction of sp³-hybridized carbons (Fsp3) is 0.344. The standard InChI is InChI=1S/C32H40N2O7S2Si/c1-31(2,3)34-43(38,39)29-19-22(21-40-44(7,8)32(4,5)6)13-18-28(29)42(36,37)33-30(35)24-16-14-23(15-17-24)27-20-25-11-9-10-12-26(25)41-27/h9-20,34H,21H2,1-8H3,(H,33,35). The molecule has 0 spiro atoms. The Balaban J connectivity index is 1.63. The maximum Gasteiger partial charge on any atom is 0.265 e. The second-order valence-electron chi connectivity index (χ2n) is 13.3. The van der Waals surface area contributed by atoms with Crippen molar-refractivity contribution in [2.75, 3.05) is 0 Å². The molecule has 44 heavy (non-hydrogen) atoms. The molecule has 0 aliphatic carbocycles. The first-order chi connectivity index (χ1) is 20.2. The predicted octanol–water partition coefficient (Wildman–Crippen LogP) is 6.82. The van der Waals surface area contributed by atoms with Crippen molar-refractivity contribution >= 4 is 45.2 Å². The number of fused-ring (bicyclic) bond motifs is 1.